The third-order valence-electron chi connectivity index (χ3n) is 5.32. The summed E-state index contributed by atoms with van der Waals surface area (Å²) in [5.41, 5.74) is 3.46. The average molecular weight is 503 g/mol. The smallest absolute Gasteiger partial charge is 0.202 e. The van der Waals surface area contributed by atoms with Crippen LogP contribution in [0.4, 0.5) is 0 Å². The molecule has 0 radical (unpaired) electrons. The monoisotopic (exact) mass is 502 g/mol. The number of hydrogen-bond acceptors (Lipinski definition) is 7. The summed E-state index contributed by atoms with van der Waals surface area (Å²) >= 11 is 0. The van der Waals surface area contributed by atoms with Gasteiger partial charge in [0, 0.05) is 19.4 Å². The number of ketones is 2. The number of phenols is 2. The lowest BCUT2D eigenvalue weighted by atomic mass is 9.96. The maximum atomic E-state index is 12.5. The molecule has 192 valence electrons. The van der Waals surface area contributed by atoms with Crippen LogP contribution in [0.25, 0.3) is 23.3 Å². The van der Waals surface area contributed by atoms with Crippen molar-refractivity contribution >= 4 is 23.7 Å². The molecule has 3 N–H and O–H groups in total. The van der Waals surface area contributed by atoms with Gasteiger partial charge in [-0.3, -0.25) is 9.59 Å². The number of carbonyl (C=O) groups is 2. The van der Waals surface area contributed by atoms with Crippen molar-refractivity contribution in [1.82, 2.24) is 0 Å². The van der Waals surface area contributed by atoms with Crippen LogP contribution in [0, 0.1) is 6.92 Å². The number of aryl methyl sites for hydroxylation is 1. The van der Waals surface area contributed by atoms with E-state index in [0.29, 0.717) is 16.7 Å². The van der Waals surface area contributed by atoms with Crippen LogP contribution in [0.1, 0.15) is 37.0 Å². The molecule has 7 heteroatoms. The van der Waals surface area contributed by atoms with E-state index in [1.54, 1.807) is 24.3 Å². The Hall–Kier alpha value is -4.36. The van der Waals surface area contributed by atoms with E-state index >= 15 is 0 Å². The lowest BCUT2D eigenvalue weighted by Gasteiger charge is -2.24. The molecule has 0 saturated heterocycles. The highest BCUT2D eigenvalue weighted by Gasteiger charge is 2.22. The largest absolute Gasteiger partial charge is 0.504 e. The van der Waals surface area contributed by atoms with Gasteiger partial charge in [-0.2, -0.15) is 0 Å². The molecule has 3 aromatic rings. The van der Waals surface area contributed by atoms with Crippen LogP contribution >= 0.6 is 0 Å². The first kappa shape index (κ1) is 27.2. The molecule has 0 amide bonds. The lowest BCUT2D eigenvalue weighted by molar-refractivity contribution is -0.121. The minimum absolute atomic E-state index is 0.0124. The van der Waals surface area contributed by atoms with Gasteiger partial charge in [-0.1, -0.05) is 54.1 Å². The Labute approximate surface area is 215 Å². The fourth-order valence-corrected chi connectivity index (χ4v) is 3.56. The van der Waals surface area contributed by atoms with Crippen molar-refractivity contribution in [2.45, 2.75) is 33.0 Å². The topological polar surface area (TPSA) is 113 Å². The fraction of sp³-hybridized carbons (Fsp3) is 0.200. The quantitative estimate of drug-likeness (QED) is 0.192. The third-order valence-corrected chi connectivity index (χ3v) is 5.32. The van der Waals surface area contributed by atoms with E-state index in [1.807, 2.05) is 31.2 Å². The van der Waals surface area contributed by atoms with Gasteiger partial charge < -0.3 is 24.8 Å². The molecule has 0 aromatic heterocycles. The van der Waals surface area contributed by atoms with E-state index in [-0.39, 0.29) is 29.4 Å². The highest BCUT2D eigenvalue weighted by molar-refractivity contribution is 6.11. The van der Waals surface area contributed by atoms with Gasteiger partial charge in [0.05, 0.1) is 13.5 Å². The summed E-state index contributed by atoms with van der Waals surface area (Å²) in [6.07, 6.45) is 5.35. The predicted molar refractivity (Wildman–Crippen MR) is 143 cm³/mol. The van der Waals surface area contributed by atoms with Crippen LogP contribution in [-0.4, -0.2) is 39.8 Å². The second-order valence-corrected chi connectivity index (χ2v) is 9.00. The maximum absolute atomic E-state index is 12.5. The number of methoxy groups -OCH3 is 1. The normalized spacial score (nSPS) is 11.7. The Morgan fingerprint density at radius 1 is 0.892 bits per heavy atom. The fourth-order valence-electron chi connectivity index (χ4n) is 3.56. The molecule has 0 aliphatic carbocycles. The van der Waals surface area contributed by atoms with E-state index in [9.17, 15) is 24.9 Å². The molecule has 3 aromatic carbocycles. The molecule has 7 nitrogen and oxygen atoms in total. The summed E-state index contributed by atoms with van der Waals surface area (Å²) in [5, 5.41) is 30.4. The van der Waals surface area contributed by atoms with Crippen molar-refractivity contribution in [3.8, 4) is 34.1 Å². The van der Waals surface area contributed by atoms with Gasteiger partial charge >= 0.3 is 0 Å². The Kier molecular flexibility index (Phi) is 8.52. The zero-order chi connectivity index (χ0) is 27.2. The number of carbonyl (C=O) groups excluding carboxylic acids is 2. The van der Waals surface area contributed by atoms with E-state index in [4.69, 9.17) is 9.47 Å². The molecule has 0 aliphatic heterocycles. The molecule has 0 fully saturated rings. The van der Waals surface area contributed by atoms with E-state index in [0.717, 1.165) is 11.1 Å². The van der Waals surface area contributed by atoms with Gasteiger partial charge in [-0.05, 0) is 54.0 Å². The molecular formula is C30H30O7. The molecule has 0 bridgehead atoms. The highest BCUT2D eigenvalue weighted by atomic mass is 16.6. The molecule has 37 heavy (non-hydrogen) atoms. The summed E-state index contributed by atoms with van der Waals surface area (Å²) in [4.78, 5) is 24.9. The van der Waals surface area contributed by atoms with E-state index in [1.165, 1.54) is 51.3 Å². The zero-order valence-corrected chi connectivity index (χ0v) is 21.2. The first-order valence-electron chi connectivity index (χ1n) is 11.6. The predicted octanol–water partition coefficient (Wildman–Crippen LogP) is 5.44. The first-order valence-corrected chi connectivity index (χ1v) is 11.6. The van der Waals surface area contributed by atoms with Crippen molar-refractivity contribution < 1.29 is 34.4 Å². The van der Waals surface area contributed by atoms with Crippen LogP contribution in [0.15, 0.2) is 66.7 Å². The summed E-state index contributed by atoms with van der Waals surface area (Å²) in [6.45, 7) is 4.85. The Bertz CT molecular complexity index is 1340. The SMILES string of the molecule is COc1cc(/C=C/C(=O)CC(=O)/C=C/c2ccc(O)c(OC(C)(C)O)c2-c2ccc(C)cc2)ccc1O. The molecule has 0 atom stereocenters. The van der Waals surface area contributed by atoms with E-state index < -0.39 is 17.4 Å². The zero-order valence-electron chi connectivity index (χ0n) is 21.2. The van der Waals surface area contributed by atoms with Crippen LogP contribution in [0.3, 0.4) is 0 Å². The van der Waals surface area contributed by atoms with Gasteiger partial charge in [0.1, 0.15) is 0 Å². The van der Waals surface area contributed by atoms with Gasteiger partial charge in [-0.15, -0.1) is 0 Å². The summed E-state index contributed by atoms with van der Waals surface area (Å²) in [6, 6.07) is 15.2. The van der Waals surface area contributed by atoms with Crippen LogP contribution in [0.5, 0.6) is 23.0 Å². The summed E-state index contributed by atoms with van der Waals surface area (Å²) in [5.74, 6) is -2.18. The number of rotatable bonds is 10. The highest BCUT2D eigenvalue weighted by Crippen LogP contribution is 2.42. The molecule has 0 unspecified atom stereocenters. The molecule has 3 rings (SSSR count). The average Bonchev–Trinajstić information content (AvgIpc) is 2.83. The van der Waals surface area contributed by atoms with Crippen molar-refractivity contribution in [1.29, 1.82) is 0 Å². The van der Waals surface area contributed by atoms with Crippen molar-refractivity contribution in [3.05, 3.63) is 83.4 Å². The molecule has 0 spiro atoms. The number of benzene rings is 3. The van der Waals surface area contributed by atoms with Crippen molar-refractivity contribution in [2.75, 3.05) is 7.11 Å². The maximum Gasteiger partial charge on any atom is 0.202 e. The minimum atomic E-state index is -1.56. The lowest BCUT2D eigenvalue weighted by Crippen LogP contribution is -2.27. The number of hydrogen-bond donors (Lipinski definition) is 3. The molecular weight excluding hydrogens is 472 g/mol. The molecule has 0 saturated carbocycles. The van der Waals surface area contributed by atoms with Gasteiger partial charge in [0.25, 0.3) is 0 Å². The van der Waals surface area contributed by atoms with Crippen LogP contribution < -0.4 is 9.47 Å². The van der Waals surface area contributed by atoms with Gasteiger partial charge in [-0.25, -0.2) is 0 Å². The molecule has 0 heterocycles. The van der Waals surface area contributed by atoms with Gasteiger partial charge in [0.2, 0.25) is 5.79 Å². The van der Waals surface area contributed by atoms with Crippen molar-refractivity contribution in [3.63, 3.8) is 0 Å². The number of aromatic hydroxyl groups is 2. The van der Waals surface area contributed by atoms with Gasteiger partial charge in [0.15, 0.2) is 34.6 Å². The summed E-state index contributed by atoms with van der Waals surface area (Å²) < 4.78 is 10.7. The van der Waals surface area contributed by atoms with Crippen molar-refractivity contribution in [2.24, 2.45) is 0 Å². The number of phenolic OH excluding ortho intramolecular Hbond substituents is 2. The number of allylic oxidation sites excluding steroid dienone is 2. The second kappa shape index (κ2) is 11.6. The van der Waals surface area contributed by atoms with Crippen LogP contribution in [0.2, 0.25) is 0 Å². The standard InChI is InChI=1S/C30H30O7/c1-19-5-9-21(10-6-19)28-22(12-16-26(34)29(28)37-30(2,3)35)11-14-24(32)18-23(31)13-7-20-8-15-25(33)27(17-20)36-4/h5-17,33-35H,18H2,1-4H3/b13-7+,14-11+. The third kappa shape index (κ3) is 7.56. The number of ether oxygens (including phenoxy) is 2. The minimum Gasteiger partial charge on any atom is -0.504 e. The first-order chi connectivity index (χ1) is 17.5. The Balaban J connectivity index is 1.84. The number of aliphatic hydroxyl groups is 1. The van der Waals surface area contributed by atoms with E-state index in [2.05, 4.69) is 0 Å². The Morgan fingerprint density at radius 2 is 1.51 bits per heavy atom. The second-order valence-electron chi connectivity index (χ2n) is 9.00. The molecule has 0 aliphatic rings. The van der Waals surface area contributed by atoms with Crippen LogP contribution in [-0.2, 0) is 9.59 Å². The Morgan fingerprint density at radius 3 is 2.14 bits per heavy atom. The summed E-state index contributed by atoms with van der Waals surface area (Å²) in [7, 11) is 1.43.